The highest BCUT2D eigenvalue weighted by molar-refractivity contribution is 5.97. The van der Waals surface area contributed by atoms with E-state index in [0.717, 1.165) is 12.8 Å². The third kappa shape index (κ3) is 1.83. The number of fused-ring (bicyclic) bond motifs is 1. The van der Waals surface area contributed by atoms with Crippen molar-refractivity contribution < 1.29 is 18.0 Å². The molecule has 5 heteroatoms. The lowest BCUT2D eigenvalue weighted by Gasteiger charge is -2.30. The molecule has 1 aromatic carbocycles. The molecule has 0 unspecified atom stereocenters. The summed E-state index contributed by atoms with van der Waals surface area (Å²) in [4.78, 5) is 13.5. The number of halogens is 3. The average Bonchev–Trinajstić information content (AvgIpc) is 3.09. The molecule has 1 amide bonds. The van der Waals surface area contributed by atoms with Gasteiger partial charge in [-0.3, -0.25) is 4.79 Å². The number of hydrogen-bond donors (Lipinski definition) is 0. The van der Waals surface area contributed by atoms with Crippen LogP contribution in [0.2, 0.25) is 0 Å². The van der Waals surface area contributed by atoms with Gasteiger partial charge in [-0.2, -0.15) is 0 Å². The molecular weight excluding hydrogens is 255 g/mol. The second-order valence-corrected chi connectivity index (χ2v) is 5.56. The molecular formula is C14H14F3NO. The molecule has 0 saturated heterocycles. The minimum Gasteiger partial charge on any atom is -0.303 e. The Morgan fingerprint density at radius 2 is 1.84 bits per heavy atom. The molecule has 1 saturated carbocycles. The molecule has 0 N–H and O–H groups in total. The molecule has 1 aromatic rings. The van der Waals surface area contributed by atoms with E-state index in [-0.39, 0.29) is 30.0 Å². The Hall–Kier alpha value is -1.52. The smallest absolute Gasteiger partial charge is 0.227 e. The van der Waals surface area contributed by atoms with E-state index in [1.165, 1.54) is 4.90 Å². The highest BCUT2D eigenvalue weighted by Crippen LogP contribution is 2.47. The molecule has 2 aliphatic rings. The van der Waals surface area contributed by atoms with Crippen LogP contribution in [0.5, 0.6) is 0 Å². The number of rotatable bonds is 1. The van der Waals surface area contributed by atoms with Crippen LogP contribution in [0.4, 0.5) is 18.9 Å². The molecule has 2 nitrogen and oxygen atoms in total. The van der Waals surface area contributed by atoms with Crippen LogP contribution < -0.4 is 4.90 Å². The predicted octanol–water partition coefficient (Wildman–Crippen LogP) is 3.33. The number of carbonyl (C=O) groups excluding carboxylic acids is 1. The number of amides is 1. The van der Waals surface area contributed by atoms with Gasteiger partial charge in [0.15, 0.2) is 11.6 Å². The summed E-state index contributed by atoms with van der Waals surface area (Å²) in [5.74, 6) is -3.27. The number of carbonyl (C=O) groups is 1. The number of benzene rings is 1. The summed E-state index contributed by atoms with van der Waals surface area (Å²) in [5.41, 5.74) is -0.501. The first-order valence-electron chi connectivity index (χ1n) is 6.43. The van der Waals surface area contributed by atoms with Crippen LogP contribution in [0.25, 0.3) is 0 Å². The first kappa shape index (κ1) is 12.5. The van der Waals surface area contributed by atoms with Crippen LogP contribution in [-0.2, 0) is 11.2 Å². The van der Waals surface area contributed by atoms with Gasteiger partial charge in [-0.05, 0) is 32.6 Å². The summed E-state index contributed by atoms with van der Waals surface area (Å²) in [6.45, 7) is 1.85. The van der Waals surface area contributed by atoms with Gasteiger partial charge in [-0.25, -0.2) is 13.2 Å². The van der Waals surface area contributed by atoms with Crippen LogP contribution in [-0.4, -0.2) is 11.4 Å². The van der Waals surface area contributed by atoms with E-state index in [0.29, 0.717) is 12.5 Å². The van der Waals surface area contributed by atoms with Gasteiger partial charge >= 0.3 is 0 Å². The zero-order chi connectivity index (χ0) is 13.8. The molecule has 0 radical (unpaired) electrons. The van der Waals surface area contributed by atoms with E-state index >= 15 is 0 Å². The normalized spacial score (nSPS) is 21.1. The molecule has 19 heavy (non-hydrogen) atoms. The van der Waals surface area contributed by atoms with Gasteiger partial charge < -0.3 is 4.90 Å². The fourth-order valence-electron chi connectivity index (χ4n) is 2.73. The highest BCUT2D eigenvalue weighted by atomic mass is 19.2. The topological polar surface area (TPSA) is 20.3 Å². The van der Waals surface area contributed by atoms with Gasteiger partial charge in [-0.15, -0.1) is 0 Å². The van der Waals surface area contributed by atoms with Gasteiger partial charge in [0.05, 0.1) is 5.69 Å². The summed E-state index contributed by atoms with van der Waals surface area (Å²) >= 11 is 0. The van der Waals surface area contributed by atoms with E-state index in [1.54, 1.807) is 0 Å². The van der Waals surface area contributed by atoms with Crippen molar-refractivity contribution >= 4 is 11.6 Å². The first-order chi connectivity index (χ1) is 8.94. The van der Waals surface area contributed by atoms with E-state index in [2.05, 4.69) is 0 Å². The zero-order valence-electron chi connectivity index (χ0n) is 10.6. The molecule has 0 aromatic heterocycles. The monoisotopic (exact) mass is 269 g/mol. The zero-order valence-corrected chi connectivity index (χ0v) is 10.6. The summed E-state index contributed by atoms with van der Waals surface area (Å²) in [6, 6.07) is 0.533. The van der Waals surface area contributed by atoms with Crippen LogP contribution in [0, 0.1) is 17.5 Å². The van der Waals surface area contributed by atoms with Crippen LogP contribution in [0.1, 0.15) is 38.2 Å². The van der Waals surface area contributed by atoms with Crippen molar-refractivity contribution in [2.45, 2.75) is 44.6 Å². The lowest BCUT2D eigenvalue weighted by atomic mass is 10.1. The summed E-state index contributed by atoms with van der Waals surface area (Å²) in [7, 11) is 0. The maximum atomic E-state index is 14.1. The van der Waals surface area contributed by atoms with Crippen molar-refractivity contribution in [1.82, 2.24) is 0 Å². The van der Waals surface area contributed by atoms with Crippen molar-refractivity contribution in [3.63, 3.8) is 0 Å². The molecule has 1 fully saturated rings. The third-order valence-corrected chi connectivity index (χ3v) is 4.04. The second kappa shape index (κ2) is 3.99. The van der Waals surface area contributed by atoms with E-state index in [9.17, 15) is 18.0 Å². The van der Waals surface area contributed by atoms with Crippen molar-refractivity contribution in [3.8, 4) is 0 Å². The minimum atomic E-state index is -1.19. The maximum absolute atomic E-state index is 14.1. The fourth-order valence-corrected chi connectivity index (χ4v) is 2.73. The standard InChI is InChI=1S/C14H14F3NO/c1-14(5-6-14)18-11(19)4-2-3-8-12(17)9(15)7-10(16)13(8)18/h7H,2-6H2,1H3. The lowest BCUT2D eigenvalue weighted by Crippen LogP contribution is -2.41. The van der Waals surface area contributed by atoms with Gasteiger partial charge in [-0.1, -0.05) is 0 Å². The van der Waals surface area contributed by atoms with Gasteiger partial charge in [0.1, 0.15) is 5.82 Å². The molecule has 1 heterocycles. The molecule has 102 valence electrons. The Balaban J connectivity index is 2.24. The molecule has 3 rings (SSSR count). The lowest BCUT2D eigenvalue weighted by molar-refractivity contribution is -0.119. The molecule has 0 bridgehead atoms. The van der Waals surface area contributed by atoms with Crippen LogP contribution >= 0.6 is 0 Å². The maximum Gasteiger partial charge on any atom is 0.227 e. The SMILES string of the molecule is CC1(N2C(=O)CCCc3c(F)c(F)cc(F)c32)CC1. The van der Waals surface area contributed by atoms with Crippen molar-refractivity contribution in [2.75, 3.05) is 4.90 Å². The van der Waals surface area contributed by atoms with E-state index in [4.69, 9.17) is 0 Å². The average molecular weight is 269 g/mol. The van der Waals surface area contributed by atoms with Gasteiger partial charge in [0.25, 0.3) is 0 Å². The Kier molecular flexibility index (Phi) is 2.62. The second-order valence-electron chi connectivity index (χ2n) is 5.56. The summed E-state index contributed by atoms with van der Waals surface area (Å²) in [6.07, 6.45) is 2.37. The van der Waals surface area contributed by atoms with Gasteiger partial charge in [0, 0.05) is 23.6 Å². The third-order valence-electron chi connectivity index (χ3n) is 4.04. The molecule has 1 aliphatic heterocycles. The Morgan fingerprint density at radius 1 is 1.16 bits per heavy atom. The Bertz CT molecular complexity index is 566. The largest absolute Gasteiger partial charge is 0.303 e. The van der Waals surface area contributed by atoms with Crippen LogP contribution in [0.3, 0.4) is 0 Å². The predicted molar refractivity (Wildman–Crippen MR) is 64.4 cm³/mol. The Morgan fingerprint density at radius 3 is 2.47 bits per heavy atom. The Labute approximate surface area is 109 Å². The number of nitrogens with zero attached hydrogens (tertiary/aromatic N) is 1. The molecule has 0 spiro atoms. The minimum absolute atomic E-state index is 0.00326. The van der Waals surface area contributed by atoms with Crippen LogP contribution in [0.15, 0.2) is 6.07 Å². The number of anilines is 1. The van der Waals surface area contributed by atoms with Crippen molar-refractivity contribution in [1.29, 1.82) is 0 Å². The molecule has 1 aliphatic carbocycles. The fraction of sp³-hybridized carbons (Fsp3) is 0.500. The van der Waals surface area contributed by atoms with Crippen molar-refractivity contribution in [2.24, 2.45) is 0 Å². The van der Waals surface area contributed by atoms with E-state index < -0.39 is 23.0 Å². The van der Waals surface area contributed by atoms with E-state index in [1.807, 2.05) is 6.92 Å². The quantitative estimate of drug-likeness (QED) is 0.716. The van der Waals surface area contributed by atoms with Gasteiger partial charge in [0.2, 0.25) is 5.91 Å². The summed E-state index contributed by atoms with van der Waals surface area (Å²) in [5, 5.41) is 0. The first-order valence-corrected chi connectivity index (χ1v) is 6.43. The van der Waals surface area contributed by atoms with Crippen molar-refractivity contribution in [3.05, 3.63) is 29.1 Å². The molecule has 0 atom stereocenters. The highest BCUT2D eigenvalue weighted by Gasteiger charge is 2.48. The number of hydrogen-bond acceptors (Lipinski definition) is 1. The summed E-state index contributed by atoms with van der Waals surface area (Å²) < 4.78 is 41.3.